The fourth-order valence-electron chi connectivity index (χ4n) is 1.13. The van der Waals surface area contributed by atoms with Crippen LogP contribution in [0.2, 0.25) is 0 Å². The summed E-state index contributed by atoms with van der Waals surface area (Å²) in [7, 11) is 0. The Morgan fingerprint density at radius 3 is 2.00 bits per heavy atom. The van der Waals surface area contributed by atoms with E-state index in [2.05, 4.69) is 9.97 Å². The van der Waals surface area contributed by atoms with Crippen molar-refractivity contribution in [1.82, 2.24) is 9.97 Å². The quantitative estimate of drug-likeness (QED) is 0.717. The van der Waals surface area contributed by atoms with Crippen LogP contribution in [0.3, 0.4) is 0 Å². The van der Waals surface area contributed by atoms with Crippen molar-refractivity contribution in [3.63, 3.8) is 0 Å². The minimum atomic E-state index is -2.91. The minimum absolute atomic E-state index is 0.208. The van der Waals surface area contributed by atoms with Crippen LogP contribution in [0, 0.1) is 6.92 Å². The molecule has 1 aromatic rings. The minimum Gasteiger partial charge on any atom is -0.238 e. The van der Waals surface area contributed by atoms with E-state index in [1.54, 1.807) is 6.92 Å². The van der Waals surface area contributed by atoms with Crippen LogP contribution < -0.4 is 0 Å². The van der Waals surface area contributed by atoms with E-state index >= 15 is 0 Å². The first-order chi connectivity index (χ1) is 6.60. The molecule has 0 aromatic carbocycles. The van der Waals surface area contributed by atoms with Crippen molar-refractivity contribution >= 4 is 0 Å². The molecule has 2 nitrogen and oxygen atoms in total. The molecule has 0 aliphatic rings. The van der Waals surface area contributed by atoms with Crippen molar-refractivity contribution in [2.75, 3.05) is 0 Å². The van der Waals surface area contributed by atoms with Crippen molar-refractivity contribution in [3.8, 4) is 0 Å². The van der Waals surface area contributed by atoms with Crippen LogP contribution in [-0.4, -0.2) is 9.97 Å². The predicted octanol–water partition coefficient (Wildman–Crippen LogP) is 3.19. The molecule has 0 amide bonds. The third kappa shape index (κ3) is 2.94. The molecule has 0 saturated heterocycles. The van der Waals surface area contributed by atoms with Crippen molar-refractivity contribution in [2.45, 2.75) is 46.0 Å². The summed E-state index contributed by atoms with van der Waals surface area (Å²) in [4.78, 5) is 8.09. The van der Waals surface area contributed by atoms with Crippen LogP contribution in [0.15, 0.2) is 6.07 Å². The van der Waals surface area contributed by atoms with Gasteiger partial charge in [0.2, 0.25) is 0 Å². The van der Waals surface area contributed by atoms with E-state index in [9.17, 15) is 8.78 Å². The third-order valence-electron chi connectivity index (χ3n) is 1.97. The van der Waals surface area contributed by atoms with Crippen LogP contribution in [-0.2, 0) is 11.3 Å². The Labute approximate surface area is 88.8 Å². The second-order valence-corrected chi connectivity index (χ2v) is 4.86. The van der Waals surface area contributed by atoms with E-state index in [4.69, 9.17) is 0 Å². The number of rotatable bonds is 1. The third-order valence-corrected chi connectivity index (χ3v) is 1.97. The van der Waals surface area contributed by atoms with Crippen molar-refractivity contribution in [1.29, 1.82) is 0 Å². The molecule has 0 saturated carbocycles. The second-order valence-electron chi connectivity index (χ2n) is 4.86. The van der Waals surface area contributed by atoms with Gasteiger partial charge in [-0.3, -0.25) is 0 Å². The van der Waals surface area contributed by atoms with Gasteiger partial charge in [0.1, 0.15) is 11.5 Å². The highest BCUT2D eigenvalue weighted by Gasteiger charge is 2.29. The maximum Gasteiger partial charge on any atom is 0.287 e. The summed E-state index contributed by atoms with van der Waals surface area (Å²) < 4.78 is 26.2. The smallest absolute Gasteiger partial charge is 0.238 e. The SMILES string of the molecule is Cc1cc(C(C)(F)F)nc(C(C)(C)C)n1. The lowest BCUT2D eigenvalue weighted by Gasteiger charge is -2.19. The zero-order valence-electron chi connectivity index (χ0n) is 9.73. The van der Waals surface area contributed by atoms with Crippen LogP contribution in [0.4, 0.5) is 8.78 Å². The van der Waals surface area contributed by atoms with E-state index < -0.39 is 5.92 Å². The molecule has 15 heavy (non-hydrogen) atoms. The molecule has 0 atom stereocenters. The summed E-state index contributed by atoms with van der Waals surface area (Å²) in [5, 5.41) is 0. The molecule has 4 heteroatoms. The van der Waals surface area contributed by atoms with Crippen molar-refractivity contribution in [3.05, 3.63) is 23.3 Å². The molecule has 0 aliphatic heterocycles. The van der Waals surface area contributed by atoms with Gasteiger partial charge < -0.3 is 0 Å². The lowest BCUT2D eigenvalue weighted by molar-refractivity contribution is 0.0121. The Morgan fingerprint density at radius 2 is 1.60 bits per heavy atom. The van der Waals surface area contributed by atoms with E-state index in [0.29, 0.717) is 11.5 Å². The van der Waals surface area contributed by atoms with Gasteiger partial charge in [-0.05, 0) is 13.0 Å². The van der Waals surface area contributed by atoms with E-state index in [1.165, 1.54) is 6.07 Å². The maximum atomic E-state index is 13.1. The Kier molecular flexibility index (Phi) is 2.81. The summed E-state index contributed by atoms with van der Waals surface area (Å²) in [6.07, 6.45) is 0. The molecule has 0 fully saturated rings. The fraction of sp³-hybridized carbons (Fsp3) is 0.636. The Morgan fingerprint density at radius 1 is 1.07 bits per heavy atom. The summed E-state index contributed by atoms with van der Waals surface area (Å²) in [5.41, 5.74) is 0.0535. The number of alkyl halides is 2. The normalized spacial score (nSPS) is 13.0. The zero-order chi connectivity index (χ0) is 11.9. The number of aromatic nitrogens is 2. The van der Waals surface area contributed by atoms with Gasteiger partial charge in [-0.25, -0.2) is 9.97 Å². The highest BCUT2D eigenvalue weighted by Crippen LogP contribution is 2.27. The van der Waals surface area contributed by atoms with Gasteiger partial charge in [0.05, 0.1) is 0 Å². The number of hydrogen-bond donors (Lipinski definition) is 0. The van der Waals surface area contributed by atoms with Crippen LogP contribution >= 0.6 is 0 Å². The molecular weight excluding hydrogens is 198 g/mol. The van der Waals surface area contributed by atoms with Crippen molar-refractivity contribution < 1.29 is 8.78 Å². The van der Waals surface area contributed by atoms with Gasteiger partial charge in [0.15, 0.2) is 0 Å². The first kappa shape index (κ1) is 12.0. The Balaban J connectivity index is 3.30. The molecule has 0 aliphatic carbocycles. The summed E-state index contributed by atoms with van der Waals surface area (Å²) in [6.45, 7) is 8.26. The first-order valence-corrected chi connectivity index (χ1v) is 4.85. The topological polar surface area (TPSA) is 25.8 Å². The molecule has 0 unspecified atom stereocenters. The average Bonchev–Trinajstić information content (AvgIpc) is 1.99. The summed E-state index contributed by atoms with van der Waals surface area (Å²) in [6, 6.07) is 1.33. The highest BCUT2D eigenvalue weighted by atomic mass is 19.3. The standard InChI is InChI=1S/C11H16F2N2/c1-7-6-8(11(5,12)13)15-9(14-7)10(2,3)4/h6H,1-5H3. The van der Waals surface area contributed by atoms with Crippen LogP contribution in [0.1, 0.15) is 44.9 Å². The van der Waals surface area contributed by atoms with E-state index in [-0.39, 0.29) is 11.1 Å². The summed E-state index contributed by atoms with van der Waals surface area (Å²) >= 11 is 0. The average molecular weight is 214 g/mol. The summed E-state index contributed by atoms with van der Waals surface area (Å²) in [5.74, 6) is -2.45. The molecule has 0 radical (unpaired) electrons. The zero-order valence-corrected chi connectivity index (χ0v) is 9.73. The number of nitrogens with zero attached hydrogens (tertiary/aromatic N) is 2. The number of hydrogen-bond acceptors (Lipinski definition) is 2. The number of aryl methyl sites for hydroxylation is 1. The molecule has 0 N–H and O–H groups in total. The monoisotopic (exact) mass is 214 g/mol. The molecule has 84 valence electrons. The largest absolute Gasteiger partial charge is 0.287 e. The van der Waals surface area contributed by atoms with Gasteiger partial charge in [-0.2, -0.15) is 8.78 Å². The fourth-order valence-corrected chi connectivity index (χ4v) is 1.13. The van der Waals surface area contributed by atoms with Gasteiger partial charge >= 0.3 is 0 Å². The van der Waals surface area contributed by atoms with E-state index in [1.807, 2.05) is 20.8 Å². The Bertz CT molecular complexity index is 330. The second kappa shape index (κ2) is 3.51. The number of halogens is 2. The molecule has 0 spiro atoms. The van der Waals surface area contributed by atoms with Gasteiger partial charge in [-0.15, -0.1) is 0 Å². The molecule has 0 bridgehead atoms. The molecule has 1 rings (SSSR count). The first-order valence-electron chi connectivity index (χ1n) is 4.85. The van der Waals surface area contributed by atoms with Crippen LogP contribution in [0.25, 0.3) is 0 Å². The van der Waals surface area contributed by atoms with E-state index in [0.717, 1.165) is 6.92 Å². The van der Waals surface area contributed by atoms with Gasteiger partial charge in [0, 0.05) is 18.0 Å². The Hall–Kier alpha value is -1.06. The molecule has 1 heterocycles. The van der Waals surface area contributed by atoms with Gasteiger partial charge in [-0.1, -0.05) is 20.8 Å². The maximum absolute atomic E-state index is 13.1. The lowest BCUT2D eigenvalue weighted by atomic mass is 9.95. The molecule has 1 aromatic heterocycles. The predicted molar refractivity (Wildman–Crippen MR) is 55.0 cm³/mol. The molecular formula is C11H16F2N2. The van der Waals surface area contributed by atoms with Crippen molar-refractivity contribution in [2.24, 2.45) is 0 Å². The highest BCUT2D eigenvalue weighted by molar-refractivity contribution is 5.17. The lowest BCUT2D eigenvalue weighted by Crippen LogP contribution is -2.20. The van der Waals surface area contributed by atoms with Gasteiger partial charge in [0.25, 0.3) is 5.92 Å². The van der Waals surface area contributed by atoms with Crippen LogP contribution in [0.5, 0.6) is 0 Å².